The van der Waals surface area contributed by atoms with Crippen LogP contribution in [0.4, 0.5) is 5.69 Å². The molecule has 0 aliphatic heterocycles. The van der Waals surface area contributed by atoms with Crippen LogP contribution in [0.1, 0.15) is 43.7 Å². The molecule has 0 saturated heterocycles. The summed E-state index contributed by atoms with van der Waals surface area (Å²) in [4.78, 5) is 12.3. The van der Waals surface area contributed by atoms with Gasteiger partial charge in [0.15, 0.2) is 6.61 Å². The highest BCUT2D eigenvalue weighted by Gasteiger charge is 2.11. The lowest BCUT2D eigenvalue weighted by Crippen LogP contribution is -2.20. The molecule has 0 heterocycles. The Bertz CT molecular complexity index is 938. The molecule has 162 valence electrons. The van der Waals surface area contributed by atoms with Crippen LogP contribution in [0.25, 0.3) is 0 Å². The summed E-state index contributed by atoms with van der Waals surface area (Å²) >= 11 is 0. The Morgan fingerprint density at radius 1 is 0.903 bits per heavy atom. The van der Waals surface area contributed by atoms with Gasteiger partial charge in [0, 0.05) is 5.69 Å². The van der Waals surface area contributed by atoms with Gasteiger partial charge < -0.3 is 14.8 Å². The third kappa shape index (κ3) is 7.18. The van der Waals surface area contributed by atoms with Gasteiger partial charge in [-0.3, -0.25) is 4.79 Å². The number of hydrogen-bond acceptors (Lipinski definition) is 3. The van der Waals surface area contributed by atoms with Crippen LogP contribution in [0.2, 0.25) is 0 Å². The molecular formula is C27H31NO3. The number of anilines is 1. The maximum Gasteiger partial charge on any atom is 0.262 e. The van der Waals surface area contributed by atoms with E-state index < -0.39 is 0 Å². The molecule has 4 heteroatoms. The number of carbonyl (C=O) groups excluding carboxylic acids is 1. The maximum absolute atomic E-state index is 12.3. The Kier molecular flexibility index (Phi) is 8.53. The number of benzene rings is 3. The summed E-state index contributed by atoms with van der Waals surface area (Å²) in [5.41, 5.74) is 3.17. The van der Waals surface area contributed by atoms with E-state index in [0.717, 1.165) is 42.0 Å². The smallest absolute Gasteiger partial charge is 0.262 e. The lowest BCUT2D eigenvalue weighted by atomic mass is 9.98. The number of carbonyl (C=O) groups is 1. The average Bonchev–Trinajstić information content (AvgIpc) is 2.82. The number of ether oxygens (including phenoxy) is 2. The molecule has 1 unspecified atom stereocenters. The van der Waals surface area contributed by atoms with Crippen molar-refractivity contribution < 1.29 is 14.3 Å². The molecule has 1 atom stereocenters. The molecule has 3 aromatic carbocycles. The molecule has 0 fully saturated rings. The molecule has 1 amide bonds. The summed E-state index contributed by atoms with van der Waals surface area (Å²) in [5, 5.41) is 2.87. The van der Waals surface area contributed by atoms with E-state index >= 15 is 0 Å². The minimum Gasteiger partial charge on any atom is -0.494 e. The number of hydrogen-bond donors (Lipinski definition) is 1. The van der Waals surface area contributed by atoms with Gasteiger partial charge in [-0.25, -0.2) is 0 Å². The van der Waals surface area contributed by atoms with Gasteiger partial charge in [0.2, 0.25) is 0 Å². The van der Waals surface area contributed by atoms with Crippen molar-refractivity contribution in [1.82, 2.24) is 0 Å². The second kappa shape index (κ2) is 11.8. The Labute approximate surface area is 185 Å². The van der Waals surface area contributed by atoms with Crippen LogP contribution in [0.3, 0.4) is 0 Å². The summed E-state index contributed by atoms with van der Waals surface area (Å²) in [6, 6.07) is 25.7. The molecule has 4 nitrogen and oxygen atoms in total. The van der Waals surface area contributed by atoms with Crippen molar-refractivity contribution in [2.75, 3.05) is 18.5 Å². The molecule has 0 aromatic heterocycles. The van der Waals surface area contributed by atoms with E-state index in [1.54, 1.807) is 0 Å². The first kappa shape index (κ1) is 22.4. The standard InChI is InChI=1S/C27H31NO3/c1-3-21(2)25-13-7-8-14-26(25)31-20-27(29)28-23-15-17-24(18-16-23)30-19-9-12-22-10-5-4-6-11-22/h4-8,10-11,13-18,21H,3,9,12,19-20H2,1-2H3,(H,28,29). The van der Waals surface area contributed by atoms with Crippen LogP contribution in [0.5, 0.6) is 11.5 Å². The minimum absolute atomic E-state index is 0.0226. The zero-order valence-electron chi connectivity index (χ0n) is 18.3. The van der Waals surface area contributed by atoms with E-state index in [-0.39, 0.29) is 12.5 Å². The summed E-state index contributed by atoms with van der Waals surface area (Å²) in [7, 11) is 0. The third-order valence-electron chi connectivity index (χ3n) is 5.28. The number of aryl methyl sites for hydroxylation is 1. The molecule has 0 aliphatic rings. The highest BCUT2D eigenvalue weighted by atomic mass is 16.5. The van der Waals surface area contributed by atoms with E-state index in [0.29, 0.717) is 12.5 Å². The Morgan fingerprint density at radius 3 is 2.35 bits per heavy atom. The maximum atomic E-state index is 12.3. The van der Waals surface area contributed by atoms with Gasteiger partial charge in [-0.15, -0.1) is 0 Å². The Morgan fingerprint density at radius 2 is 1.61 bits per heavy atom. The van der Waals surface area contributed by atoms with E-state index in [9.17, 15) is 4.79 Å². The fourth-order valence-corrected chi connectivity index (χ4v) is 3.32. The van der Waals surface area contributed by atoms with E-state index in [1.165, 1.54) is 5.56 Å². The highest BCUT2D eigenvalue weighted by Crippen LogP contribution is 2.28. The normalized spacial score (nSPS) is 11.5. The molecule has 31 heavy (non-hydrogen) atoms. The zero-order valence-corrected chi connectivity index (χ0v) is 18.3. The van der Waals surface area contributed by atoms with E-state index in [1.807, 2.05) is 48.5 Å². The molecule has 0 radical (unpaired) electrons. The van der Waals surface area contributed by atoms with Gasteiger partial charge in [-0.2, -0.15) is 0 Å². The minimum atomic E-state index is -0.185. The van der Waals surface area contributed by atoms with Gasteiger partial charge in [-0.1, -0.05) is 62.4 Å². The predicted octanol–water partition coefficient (Wildman–Crippen LogP) is 6.23. The fraction of sp³-hybridized carbons (Fsp3) is 0.296. The van der Waals surface area contributed by atoms with Crippen molar-refractivity contribution in [3.8, 4) is 11.5 Å². The SMILES string of the molecule is CCC(C)c1ccccc1OCC(=O)Nc1ccc(OCCCc2ccccc2)cc1. The van der Waals surface area contributed by atoms with Crippen LogP contribution in [0.15, 0.2) is 78.9 Å². The summed E-state index contributed by atoms with van der Waals surface area (Å²) in [6.45, 7) is 4.94. The summed E-state index contributed by atoms with van der Waals surface area (Å²) in [5.74, 6) is 1.77. The zero-order chi connectivity index (χ0) is 21.9. The van der Waals surface area contributed by atoms with Crippen molar-refractivity contribution in [2.45, 2.75) is 39.0 Å². The van der Waals surface area contributed by atoms with E-state index in [2.05, 4.69) is 49.5 Å². The van der Waals surface area contributed by atoms with Gasteiger partial charge in [0.25, 0.3) is 5.91 Å². The molecule has 0 bridgehead atoms. The molecule has 3 aromatic rings. The van der Waals surface area contributed by atoms with Gasteiger partial charge in [0.1, 0.15) is 11.5 Å². The number of amides is 1. The Balaban J connectivity index is 1.42. The molecule has 3 rings (SSSR count). The van der Waals surface area contributed by atoms with Crippen molar-refractivity contribution in [3.05, 3.63) is 90.0 Å². The molecule has 0 aliphatic carbocycles. The number of para-hydroxylation sites is 1. The first-order valence-electron chi connectivity index (χ1n) is 10.9. The summed E-state index contributed by atoms with van der Waals surface area (Å²) < 4.78 is 11.6. The van der Waals surface area contributed by atoms with Crippen LogP contribution in [-0.2, 0) is 11.2 Å². The predicted molar refractivity (Wildman–Crippen MR) is 126 cm³/mol. The quantitative estimate of drug-likeness (QED) is 0.376. The lowest BCUT2D eigenvalue weighted by Gasteiger charge is -2.15. The van der Waals surface area contributed by atoms with Gasteiger partial charge in [0.05, 0.1) is 6.61 Å². The van der Waals surface area contributed by atoms with Crippen molar-refractivity contribution in [2.24, 2.45) is 0 Å². The molecule has 0 spiro atoms. The van der Waals surface area contributed by atoms with Gasteiger partial charge >= 0.3 is 0 Å². The first-order valence-corrected chi connectivity index (χ1v) is 10.9. The number of rotatable bonds is 11. The third-order valence-corrected chi connectivity index (χ3v) is 5.28. The van der Waals surface area contributed by atoms with Crippen molar-refractivity contribution >= 4 is 11.6 Å². The average molecular weight is 418 g/mol. The van der Waals surface area contributed by atoms with Gasteiger partial charge in [-0.05, 0) is 66.6 Å². The van der Waals surface area contributed by atoms with Crippen LogP contribution in [-0.4, -0.2) is 19.1 Å². The molecule has 1 N–H and O–H groups in total. The topological polar surface area (TPSA) is 47.6 Å². The van der Waals surface area contributed by atoms with Crippen molar-refractivity contribution in [1.29, 1.82) is 0 Å². The molecular weight excluding hydrogens is 386 g/mol. The van der Waals surface area contributed by atoms with Crippen LogP contribution in [0, 0.1) is 0 Å². The van der Waals surface area contributed by atoms with E-state index in [4.69, 9.17) is 9.47 Å². The molecule has 0 saturated carbocycles. The largest absolute Gasteiger partial charge is 0.494 e. The first-order chi connectivity index (χ1) is 15.2. The van der Waals surface area contributed by atoms with Crippen LogP contribution >= 0.6 is 0 Å². The fourth-order valence-electron chi connectivity index (χ4n) is 3.32. The highest BCUT2D eigenvalue weighted by molar-refractivity contribution is 5.91. The monoisotopic (exact) mass is 417 g/mol. The Hall–Kier alpha value is -3.27. The second-order valence-electron chi connectivity index (χ2n) is 7.65. The lowest BCUT2D eigenvalue weighted by molar-refractivity contribution is -0.118. The van der Waals surface area contributed by atoms with Crippen LogP contribution < -0.4 is 14.8 Å². The second-order valence-corrected chi connectivity index (χ2v) is 7.65. The van der Waals surface area contributed by atoms with Crippen molar-refractivity contribution in [3.63, 3.8) is 0 Å². The summed E-state index contributed by atoms with van der Waals surface area (Å²) in [6.07, 6.45) is 2.97. The number of nitrogens with one attached hydrogen (secondary N) is 1.